The van der Waals surface area contributed by atoms with Crippen LogP contribution in [0.4, 0.5) is 9.59 Å². The Morgan fingerprint density at radius 1 is 0.741 bits per heavy atom. The molecule has 2 aliphatic rings. The second kappa shape index (κ2) is 21.3. The molecular formula is C39H58N3NaO11. The number of aryl methyl sites for hydroxylation is 2. The fourth-order valence-corrected chi connectivity index (χ4v) is 5.75. The fraction of sp³-hybridized carbons (Fsp3) is 0.590. The fourth-order valence-electron chi connectivity index (χ4n) is 5.75. The van der Waals surface area contributed by atoms with E-state index in [0.29, 0.717) is 69.8 Å². The van der Waals surface area contributed by atoms with E-state index in [1.54, 1.807) is 38.2 Å². The smallest absolute Gasteiger partial charge is 0.870 e. The van der Waals surface area contributed by atoms with Gasteiger partial charge < -0.3 is 48.4 Å². The topological polar surface area (TPSA) is 157 Å². The van der Waals surface area contributed by atoms with Crippen LogP contribution in [0.2, 0.25) is 0 Å². The molecule has 15 heteroatoms. The summed E-state index contributed by atoms with van der Waals surface area (Å²) in [5.74, 6) is 2.92. The molecule has 1 N–H and O–H groups in total. The average Bonchev–Trinajstić information content (AvgIpc) is 3.03. The van der Waals surface area contributed by atoms with Gasteiger partial charge in [0.15, 0.2) is 0 Å². The maximum Gasteiger partial charge on any atom is 1.00 e. The Morgan fingerprint density at radius 2 is 1.15 bits per heavy atom. The van der Waals surface area contributed by atoms with Crippen LogP contribution in [0.5, 0.6) is 23.0 Å². The third-order valence-corrected chi connectivity index (χ3v) is 8.47. The molecule has 0 radical (unpaired) electrons. The molecule has 0 atom stereocenters. The molecule has 0 aromatic heterocycles. The number of benzene rings is 2. The number of carbonyl (C=O) groups excluding carboxylic acids is 3. The standard InChI is InChI=1S/C19H26N2O4.C19H27NO6.CH4.Na.H2O/c1-18(2,3)25-17(22)21-12-19(13-21,20-4)10-9-14-7-8-15(23-5)11-16(14)24-6;1-18(2,3)26-17(22)20-11-19(12-20,25-13-21)9-8-14-6-7-15(23-4)10-16(14)24-5;;;/h7-8,11H,9-10,12-13H2,1-3,5-6H3;6-7,10,13H,8-9,11-12H2,1-5H3;1H4;;1H2/q;;;+1;/p-1. The first-order valence-corrected chi connectivity index (χ1v) is 16.8. The maximum atomic E-state index is 12.1. The van der Waals surface area contributed by atoms with Crippen LogP contribution < -0.4 is 48.5 Å². The van der Waals surface area contributed by atoms with Crippen molar-refractivity contribution in [2.24, 2.45) is 0 Å². The Morgan fingerprint density at radius 3 is 1.50 bits per heavy atom. The molecule has 2 aromatic rings. The molecule has 0 bridgehead atoms. The molecule has 2 heterocycles. The van der Waals surface area contributed by atoms with E-state index >= 15 is 0 Å². The van der Waals surface area contributed by atoms with Crippen molar-refractivity contribution in [1.82, 2.24) is 9.80 Å². The van der Waals surface area contributed by atoms with E-state index in [1.807, 2.05) is 77.9 Å². The summed E-state index contributed by atoms with van der Waals surface area (Å²) >= 11 is 0. The molecule has 2 aliphatic heterocycles. The van der Waals surface area contributed by atoms with Gasteiger partial charge in [0.2, 0.25) is 0 Å². The molecule has 2 saturated heterocycles. The predicted octanol–water partition coefficient (Wildman–Crippen LogP) is 3.81. The number of carbonyl (C=O) groups is 3. The average molecular weight is 768 g/mol. The van der Waals surface area contributed by atoms with Crippen LogP contribution in [0.1, 0.15) is 72.9 Å². The molecule has 0 spiro atoms. The van der Waals surface area contributed by atoms with Crippen molar-refractivity contribution in [3.8, 4) is 23.0 Å². The van der Waals surface area contributed by atoms with Gasteiger partial charge in [-0.15, -0.1) is 0 Å². The van der Waals surface area contributed by atoms with Crippen molar-refractivity contribution in [3.63, 3.8) is 0 Å². The Balaban J connectivity index is 0.000000986. The summed E-state index contributed by atoms with van der Waals surface area (Å²) in [5.41, 5.74) is -0.299. The summed E-state index contributed by atoms with van der Waals surface area (Å²) in [6.07, 6.45) is 1.84. The van der Waals surface area contributed by atoms with Crippen LogP contribution in [-0.2, 0) is 31.8 Å². The third-order valence-electron chi connectivity index (χ3n) is 8.47. The normalized spacial score (nSPS) is 14.8. The van der Waals surface area contributed by atoms with Crippen LogP contribution in [0.25, 0.3) is 4.85 Å². The Hall–Kier alpha value is -3.90. The first-order valence-electron chi connectivity index (χ1n) is 16.8. The molecule has 0 saturated carbocycles. The zero-order valence-corrected chi connectivity index (χ0v) is 35.1. The minimum Gasteiger partial charge on any atom is -0.870 e. The van der Waals surface area contributed by atoms with Crippen LogP contribution in [0.15, 0.2) is 36.4 Å². The van der Waals surface area contributed by atoms with E-state index in [-0.39, 0.29) is 48.6 Å². The van der Waals surface area contributed by atoms with E-state index in [2.05, 4.69) is 4.85 Å². The van der Waals surface area contributed by atoms with E-state index < -0.39 is 28.4 Å². The zero-order chi connectivity index (χ0) is 38.0. The molecule has 2 amide bonds. The van der Waals surface area contributed by atoms with Crippen LogP contribution in [-0.4, -0.2) is 111 Å². The number of methoxy groups -OCH3 is 4. The minimum absolute atomic E-state index is 0. The summed E-state index contributed by atoms with van der Waals surface area (Å²) in [6, 6.07) is 11.3. The van der Waals surface area contributed by atoms with Gasteiger partial charge in [0, 0.05) is 18.6 Å². The third kappa shape index (κ3) is 14.1. The van der Waals surface area contributed by atoms with Crippen molar-refractivity contribution in [2.45, 2.75) is 97.0 Å². The van der Waals surface area contributed by atoms with Crippen LogP contribution in [0.3, 0.4) is 0 Å². The van der Waals surface area contributed by atoms with E-state index in [4.69, 9.17) is 39.7 Å². The second-order valence-corrected chi connectivity index (χ2v) is 14.8. The number of hydrogen-bond donors (Lipinski definition) is 0. The summed E-state index contributed by atoms with van der Waals surface area (Å²) < 4.78 is 37.2. The molecular weight excluding hydrogens is 709 g/mol. The number of amides is 2. The number of likely N-dealkylation sites (tertiary alicyclic amines) is 2. The van der Waals surface area contributed by atoms with Gasteiger partial charge >= 0.3 is 41.7 Å². The van der Waals surface area contributed by atoms with Gasteiger partial charge in [0.25, 0.3) is 12.0 Å². The van der Waals surface area contributed by atoms with Crippen molar-refractivity contribution in [3.05, 3.63) is 58.9 Å². The van der Waals surface area contributed by atoms with E-state index in [9.17, 15) is 14.4 Å². The Labute approximate surface area is 343 Å². The number of nitrogens with zero attached hydrogens (tertiary/aromatic N) is 3. The summed E-state index contributed by atoms with van der Waals surface area (Å²) in [7, 11) is 6.43. The summed E-state index contributed by atoms with van der Waals surface area (Å²) in [4.78, 5) is 42.0. The van der Waals surface area contributed by atoms with Gasteiger partial charge in [-0.25, -0.2) is 16.2 Å². The largest absolute Gasteiger partial charge is 1.00 e. The molecule has 0 unspecified atom stereocenters. The van der Waals surface area contributed by atoms with Gasteiger partial charge in [-0.3, -0.25) is 9.69 Å². The van der Waals surface area contributed by atoms with Crippen molar-refractivity contribution >= 4 is 18.7 Å². The molecule has 2 aromatic carbocycles. The summed E-state index contributed by atoms with van der Waals surface area (Å²) in [5, 5.41) is 0. The van der Waals surface area contributed by atoms with Crippen molar-refractivity contribution in [1.29, 1.82) is 0 Å². The van der Waals surface area contributed by atoms with Crippen molar-refractivity contribution < 1.29 is 82.6 Å². The van der Waals surface area contributed by atoms with Crippen molar-refractivity contribution in [2.75, 3.05) is 54.6 Å². The zero-order valence-electron chi connectivity index (χ0n) is 33.1. The molecule has 2 fully saturated rings. The van der Waals surface area contributed by atoms with Gasteiger partial charge in [-0.2, -0.15) is 0 Å². The monoisotopic (exact) mass is 767 g/mol. The maximum absolute atomic E-state index is 12.1. The number of ether oxygens (including phenoxy) is 7. The molecule has 0 aliphatic carbocycles. The first kappa shape index (κ1) is 50.1. The van der Waals surface area contributed by atoms with E-state index in [1.165, 1.54) is 0 Å². The van der Waals surface area contributed by atoms with E-state index in [0.717, 1.165) is 22.6 Å². The Kier molecular flexibility index (Phi) is 19.7. The second-order valence-electron chi connectivity index (χ2n) is 14.8. The van der Waals surface area contributed by atoms with Gasteiger partial charge in [-0.1, -0.05) is 19.6 Å². The molecule has 296 valence electrons. The van der Waals surface area contributed by atoms with Crippen LogP contribution in [0, 0.1) is 6.57 Å². The SMILES string of the molecule is C.COc1ccc(CCC2(OC=O)CN(C(=O)OC(C)(C)C)C2)c(OC)c1.[C-]#[N+]C1(CCc2ccc(OC)cc2OC)CN(C(=O)OC(C)(C)C)C1.[Na+].[OH-]. The minimum atomic E-state index is -0.691. The summed E-state index contributed by atoms with van der Waals surface area (Å²) in [6.45, 7) is 20.4. The van der Waals surface area contributed by atoms with Gasteiger partial charge in [0.1, 0.15) is 52.9 Å². The van der Waals surface area contributed by atoms with Gasteiger partial charge in [-0.05, 0) is 84.1 Å². The number of hydrogen-bond acceptors (Lipinski definition) is 11. The Bertz CT molecular complexity index is 1550. The number of rotatable bonds is 12. The first-order chi connectivity index (χ1) is 23.9. The predicted molar refractivity (Wildman–Crippen MR) is 199 cm³/mol. The van der Waals surface area contributed by atoms with Crippen LogP contribution >= 0.6 is 0 Å². The molecule has 54 heavy (non-hydrogen) atoms. The van der Waals surface area contributed by atoms with Gasteiger partial charge in [0.05, 0.1) is 41.5 Å². The molecule has 4 rings (SSSR count). The quantitative estimate of drug-likeness (QED) is 0.134. The molecule has 14 nitrogen and oxygen atoms in total.